The maximum Gasteiger partial charge on any atom is 0.253 e. The van der Waals surface area contributed by atoms with Gasteiger partial charge in [-0.1, -0.05) is 26.2 Å². The van der Waals surface area contributed by atoms with E-state index in [0.717, 1.165) is 59.6 Å². The summed E-state index contributed by atoms with van der Waals surface area (Å²) in [6.07, 6.45) is 6.90. The van der Waals surface area contributed by atoms with Crippen LogP contribution in [0.2, 0.25) is 0 Å². The number of benzene rings is 1. The summed E-state index contributed by atoms with van der Waals surface area (Å²) in [4.78, 5) is 18.0. The number of thiocarbonyl (C=S) groups is 1. The average molecular weight is 402 g/mol. The summed E-state index contributed by atoms with van der Waals surface area (Å²) < 4.78 is 10.9. The van der Waals surface area contributed by atoms with Gasteiger partial charge in [-0.25, -0.2) is 0 Å². The molecular weight excluding hydrogens is 374 g/mol. The predicted octanol–water partition coefficient (Wildman–Crippen LogP) is 3.68. The molecule has 1 saturated carbocycles. The second kappa shape index (κ2) is 8.39. The van der Waals surface area contributed by atoms with Gasteiger partial charge in [0.05, 0.1) is 12.1 Å². The SMILES string of the molecule is CCCCNC(=S)N(Cc1cc2cc3c(cc2[nH]c1=O)OCO3)C1CCCC1. The fourth-order valence-corrected chi connectivity index (χ4v) is 4.31. The van der Waals surface area contributed by atoms with Gasteiger partial charge in [0.15, 0.2) is 16.6 Å². The molecule has 1 fully saturated rings. The van der Waals surface area contributed by atoms with Crippen molar-refractivity contribution in [2.24, 2.45) is 0 Å². The van der Waals surface area contributed by atoms with Gasteiger partial charge in [-0.05, 0) is 43.6 Å². The Labute approximate surface area is 170 Å². The number of nitrogens with one attached hydrogen (secondary N) is 2. The first-order chi connectivity index (χ1) is 13.7. The van der Waals surface area contributed by atoms with E-state index in [4.69, 9.17) is 21.7 Å². The molecule has 2 aromatic rings. The summed E-state index contributed by atoms with van der Waals surface area (Å²) in [7, 11) is 0. The molecule has 2 aliphatic rings. The molecule has 1 aromatic carbocycles. The van der Waals surface area contributed by atoms with E-state index < -0.39 is 0 Å². The van der Waals surface area contributed by atoms with Crippen molar-refractivity contribution in [1.29, 1.82) is 0 Å². The highest BCUT2D eigenvalue weighted by molar-refractivity contribution is 7.80. The van der Waals surface area contributed by atoms with Gasteiger partial charge in [-0.2, -0.15) is 0 Å². The number of hydrogen-bond acceptors (Lipinski definition) is 4. The third-order valence-corrected chi connectivity index (χ3v) is 5.97. The van der Waals surface area contributed by atoms with Crippen molar-refractivity contribution in [3.8, 4) is 11.5 Å². The number of unbranched alkanes of at least 4 members (excludes halogenated alkanes) is 1. The molecule has 0 radical (unpaired) electrons. The number of aromatic nitrogens is 1. The fourth-order valence-electron chi connectivity index (χ4n) is 4.00. The summed E-state index contributed by atoms with van der Waals surface area (Å²) in [5.74, 6) is 1.39. The largest absolute Gasteiger partial charge is 0.454 e. The highest BCUT2D eigenvalue weighted by Crippen LogP contribution is 2.35. The number of pyridine rings is 1. The van der Waals surface area contributed by atoms with E-state index in [1.54, 1.807) is 0 Å². The Balaban J connectivity index is 1.60. The highest BCUT2D eigenvalue weighted by Gasteiger charge is 2.25. The van der Waals surface area contributed by atoms with Gasteiger partial charge >= 0.3 is 0 Å². The maximum atomic E-state index is 12.7. The van der Waals surface area contributed by atoms with Crippen molar-refractivity contribution in [3.63, 3.8) is 0 Å². The Kier molecular flexibility index (Phi) is 5.71. The van der Waals surface area contributed by atoms with Crippen LogP contribution in [0.25, 0.3) is 10.9 Å². The summed E-state index contributed by atoms with van der Waals surface area (Å²) in [5.41, 5.74) is 1.40. The third kappa shape index (κ3) is 3.94. The molecule has 28 heavy (non-hydrogen) atoms. The molecule has 0 saturated heterocycles. The van der Waals surface area contributed by atoms with Crippen molar-refractivity contribution in [3.05, 3.63) is 34.1 Å². The molecule has 7 heteroatoms. The molecule has 2 heterocycles. The molecule has 0 bridgehead atoms. The van der Waals surface area contributed by atoms with Crippen molar-refractivity contribution < 1.29 is 9.47 Å². The first kappa shape index (κ1) is 19.1. The van der Waals surface area contributed by atoms with Crippen LogP contribution in [0, 0.1) is 0 Å². The van der Waals surface area contributed by atoms with Crippen LogP contribution >= 0.6 is 12.2 Å². The zero-order valence-electron chi connectivity index (χ0n) is 16.3. The number of aromatic amines is 1. The van der Waals surface area contributed by atoms with Gasteiger partial charge in [0.1, 0.15) is 0 Å². The number of hydrogen-bond donors (Lipinski definition) is 2. The lowest BCUT2D eigenvalue weighted by molar-refractivity contribution is 0.174. The number of H-pyrrole nitrogens is 1. The van der Waals surface area contributed by atoms with E-state index in [-0.39, 0.29) is 12.4 Å². The van der Waals surface area contributed by atoms with Crippen molar-refractivity contribution in [1.82, 2.24) is 15.2 Å². The number of ether oxygens (including phenoxy) is 2. The monoisotopic (exact) mass is 401 g/mol. The Hall–Kier alpha value is -2.28. The molecule has 1 aromatic heterocycles. The van der Waals surface area contributed by atoms with Gasteiger partial charge in [-0.15, -0.1) is 0 Å². The van der Waals surface area contributed by atoms with Crippen LogP contribution in [0.4, 0.5) is 0 Å². The average Bonchev–Trinajstić information content (AvgIpc) is 3.36. The van der Waals surface area contributed by atoms with E-state index in [2.05, 4.69) is 22.1 Å². The quantitative estimate of drug-likeness (QED) is 0.569. The smallest absolute Gasteiger partial charge is 0.253 e. The summed E-state index contributed by atoms with van der Waals surface area (Å²) in [6.45, 7) is 3.77. The first-order valence-electron chi connectivity index (χ1n) is 10.2. The van der Waals surface area contributed by atoms with Gasteiger partial charge in [-0.3, -0.25) is 4.79 Å². The molecular formula is C21H27N3O3S. The Morgan fingerprint density at radius 1 is 1.25 bits per heavy atom. The molecule has 1 aliphatic heterocycles. The normalized spacial score (nSPS) is 15.9. The molecule has 6 nitrogen and oxygen atoms in total. The molecule has 0 atom stereocenters. The van der Waals surface area contributed by atoms with Gasteiger partial charge in [0, 0.05) is 29.6 Å². The minimum atomic E-state index is -0.0780. The minimum absolute atomic E-state index is 0.0780. The van der Waals surface area contributed by atoms with Crippen LogP contribution in [0.3, 0.4) is 0 Å². The van der Waals surface area contributed by atoms with Crippen LogP contribution < -0.4 is 20.3 Å². The van der Waals surface area contributed by atoms with E-state index in [9.17, 15) is 4.79 Å². The molecule has 0 spiro atoms. The van der Waals surface area contributed by atoms with Crippen LogP contribution in [0.15, 0.2) is 23.0 Å². The van der Waals surface area contributed by atoms with Crippen molar-refractivity contribution in [2.75, 3.05) is 13.3 Å². The molecule has 0 amide bonds. The van der Waals surface area contributed by atoms with E-state index in [1.807, 2.05) is 18.2 Å². The first-order valence-corrected chi connectivity index (χ1v) is 10.6. The van der Waals surface area contributed by atoms with Crippen LogP contribution in [0.5, 0.6) is 11.5 Å². The number of fused-ring (bicyclic) bond motifs is 2. The van der Waals surface area contributed by atoms with Crippen LogP contribution in [-0.2, 0) is 6.54 Å². The van der Waals surface area contributed by atoms with Crippen LogP contribution in [-0.4, -0.2) is 34.4 Å². The molecule has 1 aliphatic carbocycles. The third-order valence-electron chi connectivity index (χ3n) is 5.59. The summed E-state index contributed by atoms with van der Waals surface area (Å²) in [6, 6.07) is 6.10. The summed E-state index contributed by atoms with van der Waals surface area (Å²) >= 11 is 5.69. The van der Waals surface area contributed by atoms with E-state index >= 15 is 0 Å². The Morgan fingerprint density at radius 2 is 2.00 bits per heavy atom. The van der Waals surface area contributed by atoms with E-state index in [1.165, 1.54) is 12.8 Å². The van der Waals surface area contributed by atoms with Gasteiger partial charge in [0.2, 0.25) is 6.79 Å². The standard InChI is InChI=1S/C21H27N3O3S/c1-2-3-8-22-21(28)24(16-6-4-5-7-16)12-15-9-14-10-18-19(27-13-26-18)11-17(14)23-20(15)25/h9-11,16H,2-8,12-13H2,1H3,(H,22,28)(H,23,25). The minimum Gasteiger partial charge on any atom is -0.454 e. The van der Waals surface area contributed by atoms with Crippen molar-refractivity contribution in [2.45, 2.75) is 58.0 Å². The second-order valence-electron chi connectivity index (χ2n) is 7.57. The Bertz CT molecular complexity index is 921. The molecule has 2 N–H and O–H groups in total. The van der Waals surface area contributed by atoms with Crippen molar-refractivity contribution >= 4 is 28.2 Å². The molecule has 0 unspecified atom stereocenters. The van der Waals surface area contributed by atoms with E-state index in [0.29, 0.717) is 18.3 Å². The van der Waals surface area contributed by atoms with Crippen LogP contribution in [0.1, 0.15) is 51.0 Å². The highest BCUT2D eigenvalue weighted by atomic mass is 32.1. The predicted molar refractivity (Wildman–Crippen MR) is 114 cm³/mol. The zero-order chi connectivity index (χ0) is 19.5. The Morgan fingerprint density at radius 3 is 2.75 bits per heavy atom. The van der Waals surface area contributed by atoms with Gasteiger partial charge in [0.25, 0.3) is 5.56 Å². The lowest BCUT2D eigenvalue weighted by Gasteiger charge is -2.31. The molecule has 4 rings (SSSR count). The lowest BCUT2D eigenvalue weighted by Crippen LogP contribution is -2.45. The fraction of sp³-hybridized carbons (Fsp3) is 0.524. The van der Waals surface area contributed by atoms with Gasteiger partial charge < -0.3 is 24.7 Å². The second-order valence-corrected chi connectivity index (χ2v) is 7.95. The summed E-state index contributed by atoms with van der Waals surface area (Å²) in [5, 5.41) is 5.08. The number of rotatable bonds is 6. The zero-order valence-corrected chi connectivity index (χ0v) is 17.1. The maximum absolute atomic E-state index is 12.7. The number of nitrogens with zero attached hydrogens (tertiary/aromatic N) is 1. The molecule has 150 valence electrons. The topological polar surface area (TPSA) is 66.6 Å². The lowest BCUT2D eigenvalue weighted by atomic mass is 10.1.